The summed E-state index contributed by atoms with van der Waals surface area (Å²) in [5.74, 6) is 0. The van der Waals surface area contributed by atoms with Crippen LogP contribution < -0.4 is 4.90 Å². The van der Waals surface area contributed by atoms with Gasteiger partial charge in [0.2, 0.25) is 0 Å². The van der Waals surface area contributed by atoms with Crippen LogP contribution in [0.3, 0.4) is 0 Å². The number of anilines is 3. The summed E-state index contributed by atoms with van der Waals surface area (Å²) in [5.41, 5.74) is 26.2. The molecule has 2 nitrogen and oxygen atoms in total. The molecule has 13 aromatic rings. The molecule has 0 radical (unpaired) electrons. The average Bonchev–Trinajstić information content (AvgIpc) is 4.29. The van der Waals surface area contributed by atoms with Crippen LogP contribution in [-0.4, -0.2) is 4.57 Å². The Balaban J connectivity index is 0.890. The van der Waals surface area contributed by atoms with Crippen LogP contribution in [0.5, 0.6) is 0 Å². The van der Waals surface area contributed by atoms with Gasteiger partial charge in [-0.25, -0.2) is 0 Å². The van der Waals surface area contributed by atoms with Crippen molar-refractivity contribution < 1.29 is 0 Å². The van der Waals surface area contributed by atoms with Crippen LogP contribution in [0.15, 0.2) is 291 Å². The third kappa shape index (κ3) is 5.76. The van der Waals surface area contributed by atoms with Gasteiger partial charge in [-0.15, -0.1) is 0 Å². The van der Waals surface area contributed by atoms with Crippen molar-refractivity contribution in [2.75, 3.05) is 4.90 Å². The van der Waals surface area contributed by atoms with Crippen molar-refractivity contribution in [2.24, 2.45) is 0 Å². The minimum Gasteiger partial charge on any atom is -0.310 e. The molecule has 0 saturated carbocycles. The van der Waals surface area contributed by atoms with E-state index in [1.165, 1.54) is 117 Å². The molecule has 0 fully saturated rings. The molecule has 12 aromatic carbocycles. The van der Waals surface area contributed by atoms with Crippen molar-refractivity contribution >= 4 is 38.9 Å². The monoisotopic (exact) mass is 964 g/mol. The topological polar surface area (TPSA) is 8.17 Å². The predicted molar refractivity (Wildman–Crippen MR) is 315 cm³/mol. The van der Waals surface area contributed by atoms with Crippen LogP contribution in [0.4, 0.5) is 17.1 Å². The van der Waals surface area contributed by atoms with Crippen LogP contribution in [0, 0.1) is 0 Å². The van der Waals surface area contributed by atoms with E-state index in [0.717, 1.165) is 17.1 Å². The molecule has 1 unspecified atom stereocenters. The maximum Gasteiger partial charge on any atom is 0.0754 e. The zero-order chi connectivity index (χ0) is 50.0. The Morgan fingerprint density at radius 3 is 1.50 bits per heavy atom. The second-order valence-electron chi connectivity index (χ2n) is 20.7. The molecule has 1 atom stereocenters. The lowest BCUT2D eigenvalue weighted by atomic mass is 9.65. The Kier molecular flexibility index (Phi) is 9.20. The van der Waals surface area contributed by atoms with Crippen LogP contribution in [0.2, 0.25) is 0 Å². The van der Waals surface area contributed by atoms with Crippen molar-refractivity contribution in [1.29, 1.82) is 0 Å². The number of aromatic nitrogens is 1. The Morgan fingerprint density at radius 1 is 0.276 bits per heavy atom. The van der Waals surface area contributed by atoms with Crippen LogP contribution in [0.1, 0.15) is 44.5 Å². The van der Waals surface area contributed by atoms with Gasteiger partial charge in [0.25, 0.3) is 0 Å². The highest BCUT2D eigenvalue weighted by Crippen LogP contribution is 2.62. The van der Waals surface area contributed by atoms with Gasteiger partial charge in [-0.1, -0.05) is 243 Å². The molecule has 1 aromatic heterocycles. The van der Waals surface area contributed by atoms with E-state index in [4.69, 9.17) is 0 Å². The molecular weight excluding hydrogens is 917 g/mol. The van der Waals surface area contributed by atoms with Gasteiger partial charge in [0.1, 0.15) is 0 Å². The van der Waals surface area contributed by atoms with E-state index in [0.29, 0.717) is 0 Å². The standard InChI is InChI=1S/C74H48N2/c1-4-21-50(22-5-1)56-27-12-17-36-69(56)75(55-44-46-60-57-28-10-14-32-63(57)73(68(60)48-55,52-23-6-2-7-24-52)53-25-8-3-9-26-53)54-42-39-49(40-43-54)51-41-45-59-58-29-11-15-33-64(58)74(67(59)47-51)65-34-16-19-38-71(65)76-70-37-18-13-30-61(70)62-31-20-35-66(74)72(62)76/h1-48H. The summed E-state index contributed by atoms with van der Waals surface area (Å²) in [4.78, 5) is 2.48. The van der Waals surface area contributed by atoms with Crippen molar-refractivity contribution in [3.63, 3.8) is 0 Å². The molecule has 0 bridgehead atoms. The number of para-hydroxylation sites is 4. The zero-order valence-electron chi connectivity index (χ0n) is 41.6. The molecule has 2 heteroatoms. The lowest BCUT2D eigenvalue weighted by Crippen LogP contribution is -2.33. The first-order valence-corrected chi connectivity index (χ1v) is 26.5. The van der Waals surface area contributed by atoms with Crippen molar-refractivity contribution in [1.82, 2.24) is 4.57 Å². The number of hydrogen-bond donors (Lipinski definition) is 0. The lowest BCUT2D eigenvalue weighted by Gasteiger charge is -2.39. The van der Waals surface area contributed by atoms with Gasteiger partial charge in [0.15, 0.2) is 0 Å². The van der Waals surface area contributed by atoms with Gasteiger partial charge >= 0.3 is 0 Å². The predicted octanol–water partition coefficient (Wildman–Crippen LogP) is 18.6. The van der Waals surface area contributed by atoms with Crippen LogP contribution in [0.25, 0.3) is 72.0 Å². The highest BCUT2D eigenvalue weighted by Gasteiger charge is 2.51. The number of benzene rings is 12. The van der Waals surface area contributed by atoms with E-state index >= 15 is 0 Å². The van der Waals surface area contributed by atoms with E-state index in [2.05, 4.69) is 301 Å². The second kappa shape index (κ2) is 16.4. The lowest BCUT2D eigenvalue weighted by molar-refractivity contribution is 0.749. The number of hydrogen-bond acceptors (Lipinski definition) is 1. The first-order chi connectivity index (χ1) is 37.7. The number of nitrogens with zero attached hydrogens (tertiary/aromatic N) is 2. The number of rotatable bonds is 7. The van der Waals surface area contributed by atoms with E-state index in [9.17, 15) is 0 Å². The van der Waals surface area contributed by atoms with E-state index in [1.54, 1.807) is 0 Å². The first kappa shape index (κ1) is 42.7. The van der Waals surface area contributed by atoms with E-state index < -0.39 is 10.8 Å². The minimum absolute atomic E-state index is 0.526. The smallest absolute Gasteiger partial charge is 0.0754 e. The third-order valence-corrected chi connectivity index (χ3v) is 17.1. The van der Waals surface area contributed by atoms with Gasteiger partial charge in [0, 0.05) is 27.7 Å². The summed E-state index contributed by atoms with van der Waals surface area (Å²) >= 11 is 0. The molecular formula is C74H48N2. The van der Waals surface area contributed by atoms with Crippen LogP contribution >= 0.6 is 0 Å². The van der Waals surface area contributed by atoms with Gasteiger partial charge in [-0.05, 0) is 132 Å². The fourth-order valence-corrected chi connectivity index (χ4v) is 14.1. The highest BCUT2D eigenvalue weighted by atomic mass is 15.1. The van der Waals surface area contributed by atoms with Gasteiger partial charge in [-0.3, -0.25) is 0 Å². The molecule has 16 rings (SSSR count). The molecule has 1 aliphatic heterocycles. The van der Waals surface area contributed by atoms with Crippen LogP contribution in [-0.2, 0) is 10.8 Å². The molecule has 0 saturated heterocycles. The van der Waals surface area contributed by atoms with Crippen molar-refractivity contribution in [3.05, 3.63) is 336 Å². The molecule has 3 aliphatic rings. The maximum atomic E-state index is 2.52. The fourth-order valence-electron chi connectivity index (χ4n) is 14.1. The summed E-state index contributed by atoms with van der Waals surface area (Å²) < 4.78 is 2.52. The quantitative estimate of drug-likeness (QED) is 0.155. The van der Waals surface area contributed by atoms with Gasteiger partial charge < -0.3 is 9.47 Å². The molecule has 76 heavy (non-hydrogen) atoms. The van der Waals surface area contributed by atoms with E-state index in [-0.39, 0.29) is 0 Å². The minimum atomic E-state index is -0.537. The van der Waals surface area contributed by atoms with Gasteiger partial charge in [0.05, 0.1) is 33.2 Å². The molecule has 1 spiro atoms. The molecule has 354 valence electrons. The first-order valence-electron chi connectivity index (χ1n) is 26.5. The van der Waals surface area contributed by atoms with Crippen molar-refractivity contribution in [3.8, 4) is 50.2 Å². The number of fused-ring (bicyclic) bond motifs is 15. The largest absolute Gasteiger partial charge is 0.310 e. The summed E-state index contributed by atoms with van der Waals surface area (Å²) in [5, 5.41) is 2.57. The second-order valence-corrected chi connectivity index (χ2v) is 20.7. The molecule has 0 amide bonds. The summed E-state index contributed by atoms with van der Waals surface area (Å²) in [7, 11) is 0. The molecule has 2 aliphatic carbocycles. The fraction of sp³-hybridized carbons (Fsp3) is 0.0270. The molecule has 0 N–H and O–H groups in total. The zero-order valence-corrected chi connectivity index (χ0v) is 41.6. The summed E-state index contributed by atoms with van der Waals surface area (Å²) in [6, 6.07) is 109. The van der Waals surface area contributed by atoms with Crippen molar-refractivity contribution in [2.45, 2.75) is 10.8 Å². The summed E-state index contributed by atoms with van der Waals surface area (Å²) in [6.45, 7) is 0. The Hall–Kier alpha value is -9.76. The third-order valence-electron chi connectivity index (χ3n) is 17.1. The maximum absolute atomic E-state index is 2.52. The molecule has 2 heterocycles. The summed E-state index contributed by atoms with van der Waals surface area (Å²) in [6.07, 6.45) is 0. The highest BCUT2D eigenvalue weighted by molar-refractivity contribution is 6.13. The Labute approximate surface area is 442 Å². The van der Waals surface area contributed by atoms with Gasteiger partial charge in [-0.2, -0.15) is 0 Å². The Morgan fingerprint density at radius 2 is 0.776 bits per heavy atom. The average molecular weight is 965 g/mol. The SMILES string of the molecule is c1ccc(-c2ccccc2N(c2ccc(-c3ccc4c(c3)C3(c5ccccc5-4)c4ccccc4-n4c5ccccc5c5cccc3c54)cc2)c2ccc3c(c2)C(c2ccccc2)(c2ccccc2)c2ccccc2-3)cc1. The normalized spacial score (nSPS) is 15.0. The Bertz CT molecular complexity index is 4410. The van der Waals surface area contributed by atoms with E-state index in [1.807, 2.05) is 0 Å².